The van der Waals surface area contributed by atoms with E-state index in [2.05, 4.69) is 15.0 Å². The Morgan fingerprint density at radius 1 is 1.10 bits per heavy atom. The molecule has 0 aliphatic carbocycles. The third kappa shape index (κ3) is 4.38. The SMILES string of the molecule is O=C(c1ccccc1)C1CCN(Cc2nc(-c3ccc([N+](=O)[O-])cc3)no2)CC1. The third-order valence-corrected chi connectivity index (χ3v) is 5.18. The molecule has 0 atom stereocenters. The number of piperidine rings is 1. The quantitative estimate of drug-likeness (QED) is 0.358. The van der Waals surface area contributed by atoms with Crippen molar-refractivity contribution in [3.63, 3.8) is 0 Å². The van der Waals surface area contributed by atoms with Crippen LogP contribution in [-0.2, 0) is 6.54 Å². The van der Waals surface area contributed by atoms with Gasteiger partial charge in [0.15, 0.2) is 5.78 Å². The first kappa shape index (κ1) is 18.9. The highest BCUT2D eigenvalue weighted by atomic mass is 16.6. The molecule has 1 aromatic heterocycles. The fourth-order valence-electron chi connectivity index (χ4n) is 3.55. The zero-order chi connectivity index (χ0) is 20.2. The maximum absolute atomic E-state index is 12.6. The van der Waals surface area contributed by atoms with Crippen molar-refractivity contribution in [1.29, 1.82) is 0 Å². The van der Waals surface area contributed by atoms with Gasteiger partial charge in [-0.3, -0.25) is 19.8 Å². The van der Waals surface area contributed by atoms with Gasteiger partial charge in [0, 0.05) is 29.2 Å². The molecule has 4 rings (SSSR count). The third-order valence-electron chi connectivity index (χ3n) is 5.18. The number of likely N-dealkylation sites (tertiary alicyclic amines) is 1. The van der Waals surface area contributed by atoms with E-state index in [0.29, 0.717) is 23.8 Å². The van der Waals surface area contributed by atoms with Gasteiger partial charge in [-0.2, -0.15) is 4.98 Å². The van der Waals surface area contributed by atoms with Crippen LogP contribution in [0.4, 0.5) is 5.69 Å². The number of nitrogens with zero attached hydrogens (tertiary/aromatic N) is 4. The van der Waals surface area contributed by atoms with Gasteiger partial charge in [0.25, 0.3) is 5.69 Å². The highest BCUT2D eigenvalue weighted by Gasteiger charge is 2.26. The summed E-state index contributed by atoms with van der Waals surface area (Å²) in [5.41, 5.74) is 1.46. The molecule has 3 aromatic rings. The summed E-state index contributed by atoms with van der Waals surface area (Å²) < 4.78 is 5.34. The fourth-order valence-corrected chi connectivity index (χ4v) is 3.55. The van der Waals surface area contributed by atoms with E-state index in [1.54, 1.807) is 12.1 Å². The van der Waals surface area contributed by atoms with Crippen molar-refractivity contribution in [3.05, 3.63) is 76.2 Å². The second kappa shape index (κ2) is 8.32. The number of non-ortho nitro benzene ring substituents is 1. The van der Waals surface area contributed by atoms with Crippen molar-refractivity contribution in [2.75, 3.05) is 13.1 Å². The molecule has 148 valence electrons. The molecule has 1 aliphatic rings. The summed E-state index contributed by atoms with van der Waals surface area (Å²) in [6.45, 7) is 2.10. The minimum absolute atomic E-state index is 0.0189. The molecule has 29 heavy (non-hydrogen) atoms. The van der Waals surface area contributed by atoms with Crippen LogP contribution in [0, 0.1) is 16.0 Å². The van der Waals surface area contributed by atoms with Crippen LogP contribution in [0.3, 0.4) is 0 Å². The Labute approximate surface area is 167 Å². The lowest BCUT2D eigenvalue weighted by atomic mass is 9.89. The van der Waals surface area contributed by atoms with Gasteiger partial charge in [-0.1, -0.05) is 35.5 Å². The molecular weight excluding hydrogens is 372 g/mol. The van der Waals surface area contributed by atoms with E-state index >= 15 is 0 Å². The number of benzene rings is 2. The molecule has 2 heterocycles. The predicted molar refractivity (Wildman–Crippen MR) is 105 cm³/mol. The fraction of sp³-hybridized carbons (Fsp3) is 0.286. The number of carbonyl (C=O) groups excluding carboxylic acids is 1. The number of hydrogen-bond acceptors (Lipinski definition) is 7. The van der Waals surface area contributed by atoms with Crippen LogP contribution in [0.1, 0.15) is 29.1 Å². The molecule has 0 bridgehead atoms. The van der Waals surface area contributed by atoms with Gasteiger partial charge in [0.05, 0.1) is 11.5 Å². The number of nitro groups is 1. The molecule has 8 heteroatoms. The van der Waals surface area contributed by atoms with E-state index in [1.165, 1.54) is 12.1 Å². The second-order valence-electron chi connectivity index (χ2n) is 7.10. The second-order valence-corrected chi connectivity index (χ2v) is 7.10. The van der Waals surface area contributed by atoms with Gasteiger partial charge in [0.2, 0.25) is 11.7 Å². The molecule has 1 aliphatic heterocycles. The van der Waals surface area contributed by atoms with Gasteiger partial charge in [-0.05, 0) is 38.1 Å². The van der Waals surface area contributed by atoms with Gasteiger partial charge < -0.3 is 4.52 Å². The summed E-state index contributed by atoms with van der Waals surface area (Å²) in [4.78, 5) is 29.5. The first-order valence-corrected chi connectivity index (χ1v) is 9.49. The zero-order valence-corrected chi connectivity index (χ0v) is 15.7. The minimum Gasteiger partial charge on any atom is -0.338 e. The van der Waals surface area contributed by atoms with Gasteiger partial charge >= 0.3 is 0 Å². The Hall–Kier alpha value is -3.39. The molecule has 0 amide bonds. The van der Waals surface area contributed by atoms with Gasteiger partial charge in [0.1, 0.15) is 0 Å². The Morgan fingerprint density at radius 3 is 2.45 bits per heavy atom. The van der Waals surface area contributed by atoms with Crippen molar-refractivity contribution < 1.29 is 14.2 Å². The van der Waals surface area contributed by atoms with E-state index < -0.39 is 4.92 Å². The molecule has 0 radical (unpaired) electrons. The summed E-state index contributed by atoms with van der Waals surface area (Å²) in [7, 11) is 0. The molecule has 0 saturated carbocycles. The van der Waals surface area contributed by atoms with Crippen LogP contribution in [-0.4, -0.2) is 38.8 Å². The molecule has 1 fully saturated rings. The lowest BCUT2D eigenvalue weighted by molar-refractivity contribution is -0.384. The van der Waals surface area contributed by atoms with Crippen molar-refractivity contribution in [2.45, 2.75) is 19.4 Å². The molecule has 0 spiro atoms. The van der Waals surface area contributed by atoms with Crippen molar-refractivity contribution >= 4 is 11.5 Å². The summed E-state index contributed by atoms with van der Waals surface area (Å²) in [6, 6.07) is 15.5. The van der Waals surface area contributed by atoms with E-state index in [4.69, 9.17) is 4.52 Å². The van der Waals surface area contributed by atoms with Crippen molar-refractivity contribution in [1.82, 2.24) is 15.0 Å². The summed E-state index contributed by atoms with van der Waals surface area (Å²) in [6.07, 6.45) is 1.61. The first-order valence-electron chi connectivity index (χ1n) is 9.49. The lowest BCUT2D eigenvalue weighted by Crippen LogP contribution is -2.36. The normalized spacial score (nSPS) is 15.3. The molecule has 8 nitrogen and oxygen atoms in total. The van der Waals surface area contributed by atoms with Crippen LogP contribution in [0.2, 0.25) is 0 Å². The summed E-state index contributed by atoms with van der Waals surface area (Å²) in [5, 5.41) is 14.7. The van der Waals surface area contributed by atoms with Gasteiger partial charge in [-0.15, -0.1) is 0 Å². The highest BCUT2D eigenvalue weighted by molar-refractivity contribution is 5.97. The molecule has 0 unspecified atom stereocenters. The molecule has 0 N–H and O–H groups in total. The standard InChI is InChI=1S/C21H20N4O4/c26-20(15-4-2-1-3-5-15)16-10-12-24(13-11-16)14-19-22-21(23-29-19)17-6-8-18(9-7-17)25(27)28/h1-9,16H,10-14H2. The zero-order valence-electron chi connectivity index (χ0n) is 15.7. The predicted octanol–water partition coefficient (Wildman–Crippen LogP) is 3.74. The number of hydrogen-bond donors (Lipinski definition) is 0. The van der Waals surface area contributed by atoms with E-state index in [1.807, 2.05) is 30.3 Å². The number of carbonyl (C=O) groups is 1. The van der Waals surface area contributed by atoms with E-state index in [9.17, 15) is 14.9 Å². The van der Waals surface area contributed by atoms with Crippen molar-refractivity contribution in [3.8, 4) is 11.4 Å². The van der Waals surface area contributed by atoms with E-state index in [-0.39, 0.29) is 17.4 Å². The number of Topliss-reactive ketones (excluding diaryl/α,β-unsaturated/α-hetero) is 1. The van der Waals surface area contributed by atoms with Crippen LogP contribution in [0.15, 0.2) is 59.1 Å². The average molecular weight is 392 g/mol. The molecule has 1 saturated heterocycles. The monoisotopic (exact) mass is 392 g/mol. The maximum atomic E-state index is 12.6. The summed E-state index contributed by atoms with van der Waals surface area (Å²) >= 11 is 0. The Morgan fingerprint density at radius 2 is 1.79 bits per heavy atom. The topological polar surface area (TPSA) is 102 Å². The Kier molecular flexibility index (Phi) is 5.44. The largest absolute Gasteiger partial charge is 0.338 e. The Bertz CT molecular complexity index is 993. The maximum Gasteiger partial charge on any atom is 0.269 e. The van der Waals surface area contributed by atoms with Crippen molar-refractivity contribution in [2.24, 2.45) is 5.92 Å². The first-order chi connectivity index (χ1) is 14.1. The molecular formula is C21H20N4O4. The lowest BCUT2D eigenvalue weighted by Gasteiger charge is -2.30. The highest BCUT2D eigenvalue weighted by Crippen LogP contribution is 2.24. The number of ketones is 1. The number of aromatic nitrogens is 2. The van der Waals surface area contributed by atoms with E-state index in [0.717, 1.165) is 31.5 Å². The van der Waals surface area contributed by atoms with Gasteiger partial charge in [-0.25, -0.2) is 0 Å². The summed E-state index contributed by atoms with van der Waals surface area (Å²) in [5.74, 6) is 1.16. The number of rotatable bonds is 6. The van der Waals surface area contributed by atoms with Crippen LogP contribution in [0.5, 0.6) is 0 Å². The smallest absolute Gasteiger partial charge is 0.269 e. The number of nitro benzene ring substituents is 1. The van der Waals surface area contributed by atoms with Crippen LogP contribution in [0.25, 0.3) is 11.4 Å². The van der Waals surface area contributed by atoms with Crippen LogP contribution >= 0.6 is 0 Å². The van der Waals surface area contributed by atoms with Crippen LogP contribution < -0.4 is 0 Å². The minimum atomic E-state index is -0.447. The average Bonchev–Trinajstić information content (AvgIpc) is 3.23. The Balaban J connectivity index is 1.33. The molecule has 2 aromatic carbocycles.